The maximum absolute atomic E-state index is 10.3. The largest absolute Gasteiger partial charge is 0.387 e. The Morgan fingerprint density at radius 3 is 1.71 bits per heavy atom. The van der Waals surface area contributed by atoms with Gasteiger partial charge in [-0.1, -0.05) is 0 Å². The highest BCUT2D eigenvalue weighted by Crippen LogP contribution is 2.08. The molecule has 0 rings (SSSR count). The Kier molecular flexibility index (Phi) is 4.58. The lowest BCUT2D eigenvalue weighted by molar-refractivity contribution is -0.129. The van der Waals surface area contributed by atoms with Crippen LogP contribution in [0.3, 0.4) is 0 Å². The van der Waals surface area contributed by atoms with Crippen molar-refractivity contribution in [3.63, 3.8) is 0 Å². The maximum atomic E-state index is 10.3. The number of hydrogen-bond acceptors (Lipinski definition) is 7. The molecular formula is C5H10O8S. The van der Waals surface area contributed by atoms with Crippen LogP contribution in [0.2, 0.25) is 0 Å². The third-order valence-electron chi connectivity index (χ3n) is 1.44. The van der Waals surface area contributed by atoms with Crippen LogP contribution in [0.25, 0.3) is 0 Å². The van der Waals surface area contributed by atoms with Crippen LogP contribution in [0, 0.1) is 0 Å². The fraction of sp³-hybridized carbons (Fsp3) is 0.800. The number of rotatable bonds is 5. The maximum Gasteiger partial charge on any atom is 0.294 e. The van der Waals surface area contributed by atoms with Crippen LogP contribution in [-0.4, -0.2) is 63.4 Å². The first-order valence-electron chi connectivity index (χ1n) is 3.35. The van der Waals surface area contributed by atoms with E-state index < -0.39 is 33.9 Å². The van der Waals surface area contributed by atoms with Gasteiger partial charge in [0.2, 0.25) is 5.44 Å². The summed E-state index contributed by atoms with van der Waals surface area (Å²) >= 11 is 0. The van der Waals surface area contributed by atoms with Gasteiger partial charge in [-0.3, -0.25) is 4.55 Å². The van der Waals surface area contributed by atoms with E-state index >= 15 is 0 Å². The Morgan fingerprint density at radius 1 is 1.00 bits per heavy atom. The molecule has 84 valence electrons. The third-order valence-corrected chi connectivity index (χ3v) is 2.33. The van der Waals surface area contributed by atoms with E-state index in [2.05, 4.69) is 0 Å². The summed E-state index contributed by atoms with van der Waals surface area (Å²) < 4.78 is 28.7. The molecule has 5 N–H and O–H groups in total. The van der Waals surface area contributed by atoms with Gasteiger partial charge in [-0.2, -0.15) is 8.42 Å². The number of aliphatic hydroxyl groups is 4. The van der Waals surface area contributed by atoms with E-state index in [4.69, 9.17) is 25.0 Å². The minimum absolute atomic E-state index is 0.162. The Labute approximate surface area is 79.2 Å². The zero-order chi connectivity index (χ0) is 11.5. The Hall–Kier alpha value is -0.580. The molecule has 4 unspecified atom stereocenters. The molecule has 14 heavy (non-hydrogen) atoms. The van der Waals surface area contributed by atoms with Gasteiger partial charge in [0.15, 0.2) is 6.29 Å². The standard InChI is InChI=1S/C5H10O8S/c6-1-2(7)3(8)4(9)5(10)14(11,12)13/h1-5,7-10H,(H,11,12,13). The molecular weight excluding hydrogens is 220 g/mol. The molecule has 0 aliphatic carbocycles. The van der Waals surface area contributed by atoms with Crippen molar-refractivity contribution in [2.75, 3.05) is 0 Å². The van der Waals surface area contributed by atoms with Crippen molar-refractivity contribution < 1.29 is 38.2 Å². The van der Waals surface area contributed by atoms with Gasteiger partial charge < -0.3 is 25.2 Å². The second-order valence-electron chi connectivity index (χ2n) is 2.51. The average molecular weight is 230 g/mol. The van der Waals surface area contributed by atoms with Crippen LogP contribution in [-0.2, 0) is 14.9 Å². The predicted octanol–water partition coefficient (Wildman–Crippen LogP) is -3.53. The predicted molar refractivity (Wildman–Crippen MR) is 41.6 cm³/mol. The van der Waals surface area contributed by atoms with Gasteiger partial charge >= 0.3 is 0 Å². The highest BCUT2D eigenvalue weighted by Gasteiger charge is 2.36. The summed E-state index contributed by atoms with van der Waals surface area (Å²) in [4.78, 5) is 9.91. The third kappa shape index (κ3) is 3.29. The minimum Gasteiger partial charge on any atom is -0.387 e. The Morgan fingerprint density at radius 2 is 1.43 bits per heavy atom. The molecule has 0 radical (unpaired) electrons. The molecule has 0 spiro atoms. The van der Waals surface area contributed by atoms with Gasteiger partial charge in [0, 0.05) is 0 Å². The van der Waals surface area contributed by atoms with E-state index in [1.807, 2.05) is 0 Å². The zero-order valence-electron chi connectivity index (χ0n) is 6.76. The van der Waals surface area contributed by atoms with E-state index in [0.717, 1.165) is 0 Å². The van der Waals surface area contributed by atoms with Crippen LogP contribution in [0.1, 0.15) is 0 Å². The van der Waals surface area contributed by atoms with Crippen LogP contribution >= 0.6 is 0 Å². The molecule has 0 aromatic heterocycles. The number of aldehydes is 1. The summed E-state index contributed by atoms with van der Waals surface area (Å²) in [5.41, 5.74) is -2.69. The van der Waals surface area contributed by atoms with Crippen molar-refractivity contribution in [3.05, 3.63) is 0 Å². The first-order valence-corrected chi connectivity index (χ1v) is 4.86. The SMILES string of the molecule is O=CC(O)C(O)C(O)C(O)S(=O)(=O)O. The quantitative estimate of drug-likeness (QED) is 0.240. The number of hydrogen-bond donors (Lipinski definition) is 5. The highest BCUT2D eigenvalue weighted by atomic mass is 32.2. The van der Waals surface area contributed by atoms with E-state index in [9.17, 15) is 13.2 Å². The second kappa shape index (κ2) is 4.77. The summed E-state index contributed by atoms with van der Waals surface area (Å²) in [6.45, 7) is 0. The van der Waals surface area contributed by atoms with Crippen LogP contribution in [0.5, 0.6) is 0 Å². The van der Waals surface area contributed by atoms with Crippen LogP contribution in [0.4, 0.5) is 0 Å². The van der Waals surface area contributed by atoms with Gasteiger partial charge in [0.05, 0.1) is 0 Å². The number of carbonyl (C=O) groups is 1. The molecule has 0 saturated heterocycles. The van der Waals surface area contributed by atoms with Crippen molar-refractivity contribution in [2.45, 2.75) is 23.7 Å². The minimum atomic E-state index is -4.97. The zero-order valence-corrected chi connectivity index (χ0v) is 7.57. The molecule has 0 bridgehead atoms. The fourth-order valence-electron chi connectivity index (χ4n) is 0.627. The fourth-order valence-corrected chi connectivity index (χ4v) is 1.14. The van der Waals surface area contributed by atoms with Crippen molar-refractivity contribution in [2.24, 2.45) is 0 Å². The first kappa shape index (κ1) is 13.4. The molecule has 0 amide bonds. The van der Waals surface area contributed by atoms with Gasteiger partial charge in [-0.05, 0) is 0 Å². The van der Waals surface area contributed by atoms with Crippen molar-refractivity contribution >= 4 is 16.4 Å². The highest BCUT2D eigenvalue weighted by molar-refractivity contribution is 7.86. The lowest BCUT2D eigenvalue weighted by atomic mass is 10.1. The topological polar surface area (TPSA) is 152 Å². The Balaban J connectivity index is 4.62. The first-order chi connectivity index (χ1) is 6.21. The molecule has 0 aromatic carbocycles. The number of carbonyl (C=O) groups excluding carboxylic acids is 1. The van der Waals surface area contributed by atoms with E-state index in [1.165, 1.54) is 0 Å². The smallest absolute Gasteiger partial charge is 0.294 e. The summed E-state index contributed by atoms with van der Waals surface area (Å²) in [6.07, 6.45) is -6.80. The molecule has 9 heteroatoms. The molecule has 0 aliphatic rings. The second-order valence-corrected chi connectivity index (χ2v) is 4.03. The van der Waals surface area contributed by atoms with Gasteiger partial charge in [-0.25, -0.2) is 0 Å². The van der Waals surface area contributed by atoms with Crippen molar-refractivity contribution in [3.8, 4) is 0 Å². The molecule has 8 nitrogen and oxygen atoms in total. The lowest BCUT2D eigenvalue weighted by Crippen LogP contribution is -2.47. The van der Waals surface area contributed by atoms with E-state index in [0.29, 0.717) is 0 Å². The Bertz CT molecular complexity index is 284. The van der Waals surface area contributed by atoms with Crippen LogP contribution in [0.15, 0.2) is 0 Å². The summed E-state index contributed by atoms with van der Waals surface area (Å²) in [5, 5.41) is 35.1. The molecule has 4 atom stereocenters. The van der Waals surface area contributed by atoms with Crippen molar-refractivity contribution in [1.82, 2.24) is 0 Å². The molecule has 0 heterocycles. The van der Waals surface area contributed by atoms with Gasteiger partial charge in [-0.15, -0.1) is 0 Å². The molecule has 0 fully saturated rings. The molecule has 0 aromatic rings. The normalized spacial score (nSPS) is 20.9. The van der Waals surface area contributed by atoms with Crippen molar-refractivity contribution in [1.29, 1.82) is 0 Å². The lowest BCUT2D eigenvalue weighted by Gasteiger charge is -2.21. The monoisotopic (exact) mass is 230 g/mol. The van der Waals surface area contributed by atoms with Gasteiger partial charge in [0.1, 0.15) is 18.3 Å². The summed E-state index contributed by atoms with van der Waals surface area (Å²) in [7, 11) is -4.97. The van der Waals surface area contributed by atoms with E-state index in [-0.39, 0.29) is 6.29 Å². The van der Waals surface area contributed by atoms with Gasteiger partial charge in [0.25, 0.3) is 10.1 Å². The van der Waals surface area contributed by atoms with Crippen LogP contribution < -0.4 is 0 Å². The molecule has 0 aliphatic heterocycles. The van der Waals surface area contributed by atoms with E-state index in [1.54, 1.807) is 0 Å². The number of aliphatic hydroxyl groups excluding tert-OH is 4. The average Bonchev–Trinajstić information content (AvgIpc) is 2.11. The summed E-state index contributed by atoms with van der Waals surface area (Å²) in [6, 6.07) is 0. The molecule has 0 saturated carbocycles. The summed E-state index contributed by atoms with van der Waals surface area (Å²) in [5.74, 6) is 0.